The number of carbonyl (C=O) groups excluding carboxylic acids is 2. The second-order valence-corrected chi connectivity index (χ2v) is 5.46. The lowest BCUT2D eigenvalue weighted by atomic mass is 10.2. The van der Waals surface area contributed by atoms with Crippen molar-refractivity contribution in [3.8, 4) is 0 Å². The zero-order valence-electron chi connectivity index (χ0n) is 11.8. The highest BCUT2D eigenvalue weighted by atomic mass is 35.5. The minimum Gasteiger partial charge on any atom is -0.326 e. The van der Waals surface area contributed by atoms with Crippen LogP contribution in [0.5, 0.6) is 0 Å². The van der Waals surface area contributed by atoms with Crippen LogP contribution in [0.3, 0.4) is 0 Å². The number of hydrogen-bond donors (Lipinski definition) is 2. The van der Waals surface area contributed by atoms with Gasteiger partial charge in [0.1, 0.15) is 0 Å². The smallest absolute Gasteiger partial charge is 0.255 e. The SMILES string of the molecule is CCC(=O)Nc1ccc(NC(=O)c2cc(Cl)cc(Cl)c2)cc1. The van der Waals surface area contributed by atoms with Crippen molar-refractivity contribution >= 4 is 46.4 Å². The van der Waals surface area contributed by atoms with Crippen LogP contribution in [0.4, 0.5) is 11.4 Å². The first-order valence-corrected chi connectivity index (χ1v) is 7.41. The highest BCUT2D eigenvalue weighted by molar-refractivity contribution is 6.35. The molecule has 0 bridgehead atoms. The molecule has 0 aliphatic rings. The van der Waals surface area contributed by atoms with Gasteiger partial charge in [-0.1, -0.05) is 30.1 Å². The Balaban J connectivity index is 2.07. The summed E-state index contributed by atoms with van der Waals surface area (Å²) in [4.78, 5) is 23.4. The molecule has 0 atom stereocenters. The van der Waals surface area contributed by atoms with Gasteiger partial charge in [0.05, 0.1) is 0 Å². The first-order chi connectivity index (χ1) is 10.5. The Morgan fingerprint density at radius 3 is 1.91 bits per heavy atom. The van der Waals surface area contributed by atoms with E-state index in [0.717, 1.165) is 0 Å². The summed E-state index contributed by atoms with van der Waals surface area (Å²) in [7, 11) is 0. The standard InChI is InChI=1S/C16H14Cl2N2O2/c1-2-15(21)19-13-3-5-14(6-4-13)20-16(22)10-7-11(17)9-12(18)8-10/h3-9H,2H2,1H3,(H,19,21)(H,20,22). The first-order valence-electron chi connectivity index (χ1n) is 6.65. The van der Waals surface area contributed by atoms with Crippen molar-refractivity contribution in [2.75, 3.05) is 10.6 Å². The summed E-state index contributed by atoms with van der Waals surface area (Å²) in [6.45, 7) is 1.78. The molecular formula is C16H14Cl2N2O2. The first kappa shape index (κ1) is 16.3. The monoisotopic (exact) mass is 336 g/mol. The van der Waals surface area contributed by atoms with Crippen molar-refractivity contribution in [2.24, 2.45) is 0 Å². The Kier molecular flexibility index (Phi) is 5.41. The van der Waals surface area contributed by atoms with Gasteiger partial charge in [-0.05, 0) is 42.5 Å². The fraction of sp³-hybridized carbons (Fsp3) is 0.125. The quantitative estimate of drug-likeness (QED) is 0.857. The second-order valence-electron chi connectivity index (χ2n) is 4.59. The van der Waals surface area contributed by atoms with Crippen molar-refractivity contribution in [3.63, 3.8) is 0 Å². The minimum absolute atomic E-state index is 0.0645. The van der Waals surface area contributed by atoms with E-state index in [1.807, 2.05) is 0 Å². The molecule has 22 heavy (non-hydrogen) atoms. The molecule has 2 aromatic rings. The van der Waals surface area contributed by atoms with E-state index in [4.69, 9.17) is 23.2 Å². The lowest BCUT2D eigenvalue weighted by Crippen LogP contribution is -2.12. The molecule has 0 aliphatic carbocycles. The molecule has 114 valence electrons. The van der Waals surface area contributed by atoms with Crippen LogP contribution in [0.1, 0.15) is 23.7 Å². The molecular weight excluding hydrogens is 323 g/mol. The van der Waals surface area contributed by atoms with E-state index in [1.165, 1.54) is 0 Å². The molecule has 0 radical (unpaired) electrons. The van der Waals surface area contributed by atoms with Gasteiger partial charge in [-0.3, -0.25) is 9.59 Å². The molecule has 0 aromatic heterocycles. The number of nitrogens with one attached hydrogen (secondary N) is 2. The van der Waals surface area contributed by atoms with Gasteiger partial charge in [0.2, 0.25) is 5.91 Å². The van der Waals surface area contributed by atoms with Crippen LogP contribution in [0.2, 0.25) is 10.0 Å². The van der Waals surface area contributed by atoms with E-state index in [1.54, 1.807) is 49.4 Å². The van der Waals surface area contributed by atoms with E-state index >= 15 is 0 Å². The Labute approximate surface area is 138 Å². The number of amides is 2. The molecule has 4 nitrogen and oxygen atoms in total. The number of halogens is 2. The van der Waals surface area contributed by atoms with Crippen LogP contribution in [-0.2, 0) is 4.79 Å². The molecule has 2 aromatic carbocycles. The number of anilines is 2. The molecule has 2 rings (SSSR count). The maximum Gasteiger partial charge on any atom is 0.255 e. The van der Waals surface area contributed by atoms with Crippen molar-refractivity contribution in [2.45, 2.75) is 13.3 Å². The highest BCUT2D eigenvalue weighted by Crippen LogP contribution is 2.20. The third-order valence-electron chi connectivity index (χ3n) is 2.87. The van der Waals surface area contributed by atoms with Crippen LogP contribution in [0.25, 0.3) is 0 Å². The van der Waals surface area contributed by atoms with E-state index in [9.17, 15) is 9.59 Å². The zero-order valence-corrected chi connectivity index (χ0v) is 13.3. The number of rotatable bonds is 4. The minimum atomic E-state index is -0.310. The number of benzene rings is 2. The van der Waals surface area contributed by atoms with E-state index in [2.05, 4.69) is 10.6 Å². The third-order valence-corrected chi connectivity index (χ3v) is 3.31. The zero-order chi connectivity index (χ0) is 16.1. The van der Waals surface area contributed by atoms with Gasteiger partial charge in [0, 0.05) is 33.4 Å². The average Bonchev–Trinajstić information content (AvgIpc) is 2.48. The van der Waals surface area contributed by atoms with Crippen LogP contribution in [0, 0.1) is 0 Å². The van der Waals surface area contributed by atoms with Gasteiger partial charge in [-0.2, -0.15) is 0 Å². The molecule has 6 heteroatoms. The van der Waals surface area contributed by atoms with E-state index in [0.29, 0.717) is 33.4 Å². The van der Waals surface area contributed by atoms with Crippen LogP contribution in [-0.4, -0.2) is 11.8 Å². The summed E-state index contributed by atoms with van der Waals surface area (Å²) in [6, 6.07) is 11.5. The summed E-state index contributed by atoms with van der Waals surface area (Å²) in [6.07, 6.45) is 0.411. The molecule has 0 fully saturated rings. The predicted molar refractivity (Wildman–Crippen MR) is 89.8 cm³/mol. The normalized spacial score (nSPS) is 10.1. The summed E-state index contributed by atoms with van der Waals surface area (Å²) < 4.78 is 0. The van der Waals surface area contributed by atoms with Crippen molar-refractivity contribution in [3.05, 3.63) is 58.1 Å². The van der Waals surface area contributed by atoms with Crippen LogP contribution >= 0.6 is 23.2 Å². The number of hydrogen-bond acceptors (Lipinski definition) is 2. The van der Waals surface area contributed by atoms with Gasteiger partial charge in [-0.15, -0.1) is 0 Å². The van der Waals surface area contributed by atoms with Gasteiger partial charge >= 0.3 is 0 Å². The summed E-state index contributed by atoms with van der Waals surface area (Å²) in [5.74, 6) is -0.375. The van der Waals surface area contributed by atoms with Gasteiger partial charge < -0.3 is 10.6 Å². The Morgan fingerprint density at radius 1 is 0.909 bits per heavy atom. The van der Waals surface area contributed by atoms with Gasteiger partial charge in [-0.25, -0.2) is 0 Å². The molecule has 0 saturated heterocycles. The van der Waals surface area contributed by atoms with E-state index < -0.39 is 0 Å². The molecule has 0 heterocycles. The van der Waals surface area contributed by atoms with Crippen molar-refractivity contribution < 1.29 is 9.59 Å². The fourth-order valence-electron chi connectivity index (χ4n) is 1.77. The molecule has 0 aliphatic heterocycles. The summed E-state index contributed by atoms with van der Waals surface area (Å²) in [5, 5.41) is 6.27. The topological polar surface area (TPSA) is 58.2 Å². The maximum absolute atomic E-state index is 12.1. The predicted octanol–water partition coefficient (Wildman–Crippen LogP) is 4.59. The molecule has 0 saturated carbocycles. The van der Waals surface area contributed by atoms with Crippen LogP contribution in [0.15, 0.2) is 42.5 Å². The average molecular weight is 337 g/mol. The Hall–Kier alpha value is -2.04. The van der Waals surface area contributed by atoms with Gasteiger partial charge in [0.25, 0.3) is 5.91 Å². The fourth-order valence-corrected chi connectivity index (χ4v) is 2.30. The number of carbonyl (C=O) groups is 2. The van der Waals surface area contributed by atoms with Gasteiger partial charge in [0.15, 0.2) is 0 Å². The lowest BCUT2D eigenvalue weighted by molar-refractivity contribution is -0.115. The Morgan fingerprint density at radius 2 is 1.41 bits per heavy atom. The summed E-state index contributed by atoms with van der Waals surface area (Å²) >= 11 is 11.8. The van der Waals surface area contributed by atoms with Crippen LogP contribution < -0.4 is 10.6 Å². The second kappa shape index (κ2) is 7.29. The molecule has 0 unspecified atom stereocenters. The largest absolute Gasteiger partial charge is 0.326 e. The molecule has 0 spiro atoms. The molecule has 2 amide bonds. The Bertz CT molecular complexity index is 680. The van der Waals surface area contributed by atoms with E-state index in [-0.39, 0.29) is 11.8 Å². The summed E-state index contributed by atoms with van der Waals surface area (Å²) in [5.41, 5.74) is 1.66. The highest BCUT2D eigenvalue weighted by Gasteiger charge is 2.08. The molecule has 2 N–H and O–H groups in total. The van der Waals surface area contributed by atoms with Crippen molar-refractivity contribution in [1.29, 1.82) is 0 Å². The van der Waals surface area contributed by atoms with Crippen molar-refractivity contribution in [1.82, 2.24) is 0 Å². The lowest BCUT2D eigenvalue weighted by Gasteiger charge is -2.08. The third kappa shape index (κ3) is 4.48. The maximum atomic E-state index is 12.1.